The van der Waals surface area contributed by atoms with Crippen molar-refractivity contribution in [3.63, 3.8) is 0 Å². The Morgan fingerprint density at radius 3 is 2.43 bits per heavy atom. The van der Waals surface area contributed by atoms with Gasteiger partial charge in [0.05, 0.1) is 14.2 Å². The summed E-state index contributed by atoms with van der Waals surface area (Å²) in [6.07, 6.45) is 0. The minimum atomic E-state index is -2.94. The lowest BCUT2D eigenvalue weighted by Gasteiger charge is -2.16. The number of ether oxygens (including phenoxy) is 2. The Balaban J connectivity index is 1.85. The molecule has 2 aromatic rings. The van der Waals surface area contributed by atoms with Crippen LogP contribution in [0, 0.1) is 0 Å². The van der Waals surface area contributed by atoms with Crippen LogP contribution in [0.15, 0.2) is 48.5 Å². The van der Waals surface area contributed by atoms with Gasteiger partial charge < -0.3 is 14.4 Å². The van der Waals surface area contributed by atoms with Gasteiger partial charge in [-0.25, -0.2) is 0 Å². The van der Waals surface area contributed by atoms with E-state index in [1.807, 2.05) is 0 Å². The van der Waals surface area contributed by atoms with Gasteiger partial charge in [-0.2, -0.15) is 8.78 Å². The van der Waals surface area contributed by atoms with Crippen molar-refractivity contribution in [2.24, 2.45) is 0 Å². The predicted molar refractivity (Wildman–Crippen MR) is 97.1 cm³/mol. The molecule has 0 saturated carbocycles. The molecule has 0 heterocycles. The van der Waals surface area contributed by atoms with E-state index in [1.165, 1.54) is 13.2 Å². The van der Waals surface area contributed by atoms with Crippen LogP contribution in [0.4, 0.5) is 8.78 Å². The van der Waals surface area contributed by atoms with Crippen LogP contribution in [-0.2, 0) is 11.3 Å². The number of rotatable bonds is 8. The molecule has 7 nitrogen and oxygen atoms in total. The first kappa shape index (κ1) is 21.1. The van der Waals surface area contributed by atoms with Crippen molar-refractivity contribution in [2.75, 3.05) is 20.7 Å². The van der Waals surface area contributed by atoms with E-state index in [-0.39, 0.29) is 24.0 Å². The number of methoxy groups -OCH3 is 1. The van der Waals surface area contributed by atoms with E-state index in [0.29, 0.717) is 12.1 Å². The van der Waals surface area contributed by atoms with E-state index in [4.69, 9.17) is 4.74 Å². The van der Waals surface area contributed by atoms with E-state index >= 15 is 0 Å². The van der Waals surface area contributed by atoms with Gasteiger partial charge >= 0.3 is 6.61 Å². The second-order valence-electron chi connectivity index (χ2n) is 6.04. The second kappa shape index (κ2) is 10.2. The summed E-state index contributed by atoms with van der Waals surface area (Å²) in [6, 6.07) is 13.1. The maximum atomic E-state index is 12.4. The molecule has 1 atom stereocenters. The zero-order valence-corrected chi connectivity index (χ0v) is 15.5. The molecule has 2 amide bonds. The molecule has 0 bridgehead atoms. The smallest absolute Gasteiger partial charge is 0.387 e. The Morgan fingerprint density at radius 2 is 1.79 bits per heavy atom. The molecular weight excluding hydrogens is 372 g/mol. The lowest BCUT2D eigenvalue weighted by molar-refractivity contribution is -0.885. The maximum Gasteiger partial charge on any atom is 0.387 e. The Kier molecular flexibility index (Phi) is 7.70. The molecule has 0 saturated heterocycles. The molecule has 0 aromatic heterocycles. The quantitative estimate of drug-likeness (QED) is 0.578. The lowest BCUT2D eigenvalue weighted by Crippen LogP contribution is -3.09. The van der Waals surface area contributed by atoms with Crippen LogP contribution in [0.1, 0.15) is 15.9 Å². The average molecular weight is 394 g/mol. The minimum Gasteiger partial charge on any atom is -0.493 e. The van der Waals surface area contributed by atoms with Crippen LogP contribution in [0.5, 0.6) is 11.5 Å². The normalized spacial score (nSPS) is 11.6. The second-order valence-corrected chi connectivity index (χ2v) is 6.04. The number of carbonyl (C=O) groups excluding carboxylic acids is 2. The molecular formula is C19H22F2N3O4+. The van der Waals surface area contributed by atoms with Gasteiger partial charge in [0.25, 0.3) is 11.8 Å². The van der Waals surface area contributed by atoms with Crippen LogP contribution in [-0.4, -0.2) is 39.1 Å². The molecule has 0 aliphatic heterocycles. The third kappa shape index (κ3) is 6.51. The SMILES string of the molecule is COc1cc(C[NH+](C)CC(=O)NNC(=O)c2ccccc2)ccc1OC(F)F. The van der Waals surface area contributed by atoms with Gasteiger partial charge in [-0.3, -0.25) is 20.4 Å². The third-order valence-electron chi connectivity index (χ3n) is 3.76. The minimum absolute atomic E-state index is 0.0553. The summed E-state index contributed by atoms with van der Waals surface area (Å²) in [4.78, 5) is 24.7. The van der Waals surface area contributed by atoms with E-state index in [2.05, 4.69) is 15.6 Å². The number of likely N-dealkylation sites (N-methyl/N-ethyl adjacent to an activating group) is 1. The van der Waals surface area contributed by atoms with Gasteiger partial charge in [-0.1, -0.05) is 18.2 Å². The molecule has 28 heavy (non-hydrogen) atoms. The number of halogens is 2. The highest BCUT2D eigenvalue weighted by Gasteiger charge is 2.15. The highest BCUT2D eigenvalue weighted by molar-refractivity contribution is 5.95. The number of quaternary nitrogens is 1. The average Bonchev–Trinajstić information content (AvgIpc) is 2.67. The van der Waals surface area contributed by atoms with Crippen LogP contribution >= 0.6 is 0 Å². The molecule has 150 valence electrons. The van der Waals surface area contributed by atoms with Gasteiger partial charge in [-0.05, 0) is 30.3 Å². The molecule has 0 aliphatic carbocycles. The molecule has 1 unspecified atom stereocenters. The molecule has 3 N–H and O–H groups in total. The van der Waals surface area contributed by atoms with Crippen molar-refractivity contribution in [3.05, 3.63) is 59.7 Å². The van der Waals surface area contributed by atoms with Crippen LogP contribution in [0.2, 0.25) is 0 Å². The van der Waals surface area contributed by atoms with Crippen LogP contribution in [0.3, 0.4) is 0 Å². The van der Waals surface area contributed by atoms with Gasteiger partial charge in [0.1, 0.15) is 6.54 Å². The number of hydrogen-bond acceptors (Lipinski definition) is 4. The standard InChI is InChI=1S/C19H21F2N3O4/c1-24(11-13-8-9-15(28-19(20)21)16(10-13)27-2)12-17(25)22-23-18(26)14-6-4-3-5-7-14/h3-10,19H,11-12H2,1-2H3,(H,22,25)(H,23,26)/p+1. The van der Waals surface area contributed by atoms with Crippen LogP contribution < -0.4 is 25.2 Å². The number of benzene rings is 2. The summed E-state index contributed by atoms with van der Waals surface area (Å²) in [5.41, 5.74) is 5.92. The summed E-state index contributed by atoms with van der Waals surface area (Å²) in [6.45, 7) is -2.42. The maximum absolute atomic E-state index is 12.4. The molecule has 0 radical (unpaired) electrons. The number of amides is 2. The fraction of sp³-hybridized carbons (Fsp3) is 0.263. The number of hydrogen-bond donors (Lipinski definition) is 3. The zero-order valence-electron chi connectivity index (χ0n) is 15.5. The first-order valence-electron chi connectivity index (χ1n) is 8.46. The molecule has 2 aromatic carbocycles. The Morgan fingerprint density at radius 1 is 1.07 bits per heavy atom. The summed E-state index contributed by atoms with van der Waals surface area (Å²) in [5.74, 6) is -0.650. The Bertz CT molecular complexity index is 803. The zero-order chi connectivity index (χ0) is 20.5. The van der Waals surface area contributed by atoms with E-state index in [9.17, 15) is 18.4 Å². The van der Waals surface area contributed by atoms with Gasteiger partial charge in [0.2, 0.25) is 0 Å². The van der Waals surface area contributed by atoms with E-state index in [0.717, 1.165) is 10.5 Å². The van der Waals surface area contributed by atoms with Gasteiger partial charge in [-0.15, -0.1) is 0 Å². The van der Waals surface area contributed by atoms with Crippen molar-refractivity contribution in [3.8, 4) is 11.5 Å². The van der Waals surface area contributed by atoms with E-state index < -0.39 is 12.5 Å². The summed E-state index contributed by atoms with van der Waals surface area (Å²) < 4.78 is 34.2. The summed E-state index contributed by atoms with van der Waals surface area (Å²) in [5, 5.41) is 0. The first-order chi connectivity index (χ1) is 13.4. The number of hydrazine groups is 1. The summed E-state index contributed by atoms with van der Waals surface area (Å²) in [7, 11) is 3.14. The fourth-order valence-corrected chi connectivity index (χ4v) is 2.53. The lowest BCUT2D eigenvalue weighted by atomic mass is 10.2. The molecule has 0 aliphatic rings. The Hall–Kier alpha value is -3.20. The molecule has 0 spiro atoms. The molecule has 2 rings (SSSR count). The Labute approximate surface area is 161 Å². The largest absolute Gasteiger partial charge is 0.493 e. The van der Waals surface area contributed by atoms with Crippen molar-refractivity contribution >= 4 is 11.8 Å². The fourth-order valence-electron chi connectivity index (χ4n) is 2.53. The van der Waals surface area contributed by atoms with Gasteiger partial charge in [0, 0.05) is 11.1 Å². The van der Waals surface area contributed by atoms with Crippen molar-refractivity contribution in [1.29, 1.82) is 0 Å². The predicted octanol–water partition coefficient (Wildman–Crippen LogP) is 0.773. The number of nitrogens with one attached hydrogen (secondary N) is 3. The monoisotopic (exact) mass is 394 g/mol. The topological polar surface area (TPSA) is 81.1 Å². The molecule has 9 heteroatoms. The van der Waals surface area contributed by atoms with Crippen molar-refractivity contribution in [1.82, 2.24) is 10.9 Å². The molecule has 0 fully saturated rings. The summed E-state index contributed by atoms with van der Waals surface area (Å²) >= 11 is 0. The highest BCUT2D eigenvalue weighted by atomic mass is 19.3. The van der Waals surface area contributed by atoms with Crippen LogP contribution in [0.25, 0.3) is 0 Å². The van der Waals surface area contributed by atoms with E-state index in [1.54, 1.807) is 49.5 Å². The van der Waals surface area contributed by atoms with Gasteiger partial charge in [0.15, 0.2) is 18.0 Å². The number of carbonyl (C=O) groups is 2. The highest BCUT2D eigenvalue weighted by Crippen LogP contribution is 2.29. The first-order valence-corrected chi connectivity index (χ1v) is 8.46. The van der Waals surface area contributed by atoms with Crippen molar-refractivity contribution in [2.45, 2.75) is 13.2 Å². The number of alkyl halides is 2. The van der Waals surface area contributed by atoms with Crippen molar-refractivity contribution < 1.29 is 32.7 Å². The third-order valence-corrected chi connectivity index (χ3v) is 3.76.